The molecule has 0 amide bonds. The minimum atomic E-state index is 0.625. The Hall–Kier alpha value is -3.27. The smallest absolute Gasteiger partial charge is 0.160 e. The quantitative estimate of drug-likeness (QED) is 0.0503. The van der Waals surface area contributed by atoms with Gasteiger partial charge in [0.05, 0.1) is 21.1 Å². The SMILES string of the molecule is CCCCCCc1cc(-c2ccc(-c3ccc4c(c3)Sc3cc(-c5ccc(-c6cc(CCCCCC)c(C=O)s6)s5)ccc3N4CC(CC)CCCC)s2)sc1C=O. The third-order valence-corrected chi connectivity index (χ3v) is 17.4. The van der Waals surface area contributed by atoms with Crippen LogP contribution < -0.4 is 4.90 Å². The van der Waals surface area contributed by atoms with Gasteiger partial charge in [-0.3, -0.25) is 9.59 Å². The zero-order chi connectivity index (χ0) is 40.4. The van der Waals surface area contributed by atoms with E-state index < -0.39 is 0 Å². The number of aryl methyl sites for hydroxylation is 2. The number of carbonyl (C=O) groups excluding carboxylic acids is 2. The van der Waals surface area contributed by atoms with Crippen molar-refractivity contribution in [1.82, 2.24) is 0 Å². The number of hydrogen-bond donors (Lipinski definition) is 0. The van der Waals surface area contributed by atoms with Crippen LogP contribution in [0.1, 0.15) is 135 Å². The lowest BCUT2D eigenvalue weighted by Gasteiger charge is -2.35. The molecule has 58 heavy (non-hydrogen) atoms. The molecule has 2 aromatic carbocycles. The maximum absolute atomic E-state index is 12.0. The highest BCUT2D eigenvalue weighted by atomic mass is 32.2. The van der Waals surface area contributed by atoms with Crippen molar-refractivity contribution >= 4 is 81.1 Å². The standard InChI is InChI=1S/C50H57NO2S5/c1-5-9-12-14-17-35-29-47(57-49(35)32-52)43-25-23-41(54-43)37-19-21-39-45(27-37)56-46-28-38(20-22-40(46)51(39)31-34(8-4)16-11-7-3)42-24-26-44(55-42)48-30-36(50(33-53)58-48)18-15-13-10-6-2/h19-30,32-34H,5-18,31H2,1-4H3. The Morgan fingerprint density at radius 3 is 1.45 bits per heavy atom. The van der Waals surface area contributed by atoms with E-state index in [2.05, 4.69) is 105 Å². The van der Waals surface area contributed by atoms with Crippen LogP contribution in [0.2, 0.25) is 0 Å². The van der Waals surface area contributed by atoms with Crippen molar-refractivity contribution < 1.29 is 9.59 Å². The number of hydrogen-bond acceptors (Lipinski definition) is 8. The molecule has 0 N–H and O–H groups in total. The summed E-state index contributed by atoms with van der Waals surface area (Å²) < 4.78 is 0. The van der Waals surface area contributed by atoms with E-state index in [0.29, 0.717) is 5.92 Å². The molecule has 1 aliphatic rings. The molecule has 3 nitrogen and oxygen atoms in total. The van der Waals surface area contributed by atoms with Gasteiger partial charge >= 0.3 is 0 Å². The topological polar surface area (TPSA) is 37.4 Å². The van der Waals surface area contributed by atoms with Crippen LogP contribution in [-0.2, 0) is 12.8 Å². The summed E-state index contributed by atoms with van der Waals surface area (Å²) in [7, 11) is 0. The predicted molar refractivity (Wildman–Crippen MR) is 257 cm³/mol. The maximum Gasteiger partial charge on any atom is 0.160 e. The van der Waals surface area contributed by atoms with Gasteiger partial charge in [-0.25, -0.2) is 0 Å². The highest BCUT2D eigenvalue weighted by molar-refractivity contribution is 7.99. The molecule has 0 radical (unpaired) electrons. The Morgan fingerprint density at radius 2 is 1.00 bits per heavy atom. The molecular formula is C50H57NO2S5. The molecule has 0 bridgehead atoms. The van der Waals surface area contributed by atoms with E-state index in [1.54, 1.807) is 22.7 Å². The molecule has 8 heteroatoms. The van der Waals surface area contributed by atoms with E-state index in [0.717, 1.165) is 54.6 Å². The fourth-order valence-corrected chi connectivity index (χ4v) is 13.4. The van der Waals surface area contributed by atoms with Crippen molar-refractivity contribution in [3.8, 4) is 40.4 Å². The predicted octanol–water partition coefficient (Wildman–Crippen LogP) is 17.3. The number of thiophene rings is 4. The number of aldehydes is 2. The van der Waals surface area contributed by atoms with Crippen molar-refractivity contribution in [2.75, 3.05) is 11.4 Å². The highest BCUT2D eigenvalue weighted by Gasteiger charge is 2.27. The van der Waals surface area contributed by atoms with E-state index in [-0.39, 0.29) is 0 Å². The Labute approximate surface area is 367 Å². The summed E-state index contributed by atoms with van der Waals surface area (Å²) in [5, 5.41) is 0. The van der Waals surface area contributed by atoms with Gasteiger partial charge in [-0.15, -0.1) is 45.3 Å². The zero-order valence-corrected chi connectivity index (χ0v) is 38.7. The van der Waals surface area contributed by atoms with E-state index in [4.69, 9.17) is 0 Å². The van der Waals surface area contributed by atoms with Gasteiger partial charge in [0.2, 0.25) is 0 Å². The average molecular weight is 864 g/mol. The van der Waals surface area contributed by atoms with Crippen LogP contribution in [0.25, 0.3) is 40.4 Å². The largest absolute Gasteiger partial charge is 0.339 e. The number of unbranched alkanes of at least 4 members (excludes halogenated alkanes) is 7. The van der Waals surface area contributed by atoms with Gasteiger partial charge in [-0.05, 0) is 121 Å². The van der Waals surface area contributed by atoms with Crippen LogP contribution in [0.3, 0.4) is 0 Å². The molecule has 1 aliphatic heterocycles. The third kappa shape index (κ3) is 10.0. The van der Waals surface area contributed by atoms with Gasteiger partial charge in [-0.2, -0.15) is 0 Å². The van der Waals surface area contributed by atoms with Crippen LogP contribution in [0, 0.1) is 5.92 Å². The van der Waals surface area contributed by atoms with Crippen LogP contribution in [0.4, 0.5) is 11.4 Å². The molecule has 0 saturated carbocycles. The molecule has 7 rings (SSSR count). The normalized spacial score (nSPS) is 12.8. The van der Waals surface area contributed by atoms with E-state index in [1.165, 1.54) is 137 Å². The van der Waals surface area contributed by atoms with Crippen molar-refractivity contribution in [2.45, 2.75) is 127 Å². The number of benzene rings is 2. The molecule has 304 valence electrons. The summed E-state index contributed by atoms with van der Waals surface area (Å²) in [6.45, 7) is 10.1. The average Bonchev–Trinajstić information content (AvgIpc) is 4.08. The number of anilines is 2. The maximum atomic E-state index is 12.0. The van der Waals surface area contributed by atoms with Crippen LogP contribution in [0.15, 0.2) is 82.6 Å². The summed E-state index contributed by atoms with van der Waals surface area (Å²) >= 11 is 8.83. The monoisotopic (exact) mass is 863 g/mol. The third-order valence-electron chi connectivity index (χ3n) is 11.5. The molecule has 0 saturated heterocycles. The highest BCUT2D eigenvalue weighted by Crippen LogP contribution is 2.52. The molecule has 0 spiro atoms. The van der Waals surface area contributed by atoms with Crippen LogP contribution in [-0.4, -0.2) is 19.1 Å². The van der Waals surface area contributed by atoms with Gasteiger partial charge < -0.3 is 4.90 Å². The first kappa shape index (κ1) is 42.8. The van der Waals surface area contributed by atoms with Crippen molar-refractivity contribution in [2.24, 2.45) is 5.92 Å². The Bertz CT molecular complexity index is 2140. The van der Waals surface area contributed by atoms with Crippen molar-refractivity contribution in [3.05, 3.63) is 93.7 Å². The number of fused-ring (bicyclic) bond motifs is 2. The molecule has 4 aromatic heterocycles. The molecule has 0 aliphatic carbocycles. The van der Waals surface area contributed by atoms with E-state index in [9.17, 15) is 9.59 Å². The molecule has 5 heterocycles. The van der Waals surface area contributed by atoms with Gasteiger partial charge in [0.1, 0.15) is 0 Å². The Morgan fingerprint density at radius 1 is 0.517 bits per heavy atom. The van der Waals surface area contributed by atoms with Gasteiger partial charge in [0, 0.05) is 45.6 Å². The van der Waals surface area contributed by atoms with Gasteiger partial charge in [0.15, 0.2) is 12.6 Å². The second kappa shape index (κ2) is 20.8. The van der Waals surface area contributed by atoms with Gasteiger partial charge in [0.25, 0.3) is 0 Å². The van der Waals surface area contributed by atoms with Crippen molar-refractivity contribution in [1.29, 1.82) is 0 Å². The first-order valence-corrected chi connectivity index (χ1v) is 25.6. The lowest BCUT2D eigenvalue weighted by atomic mass is 9.97. The first-order chi connectivity index (χ1) is 28.5. The minimum absolute atomic E-state index is 0.625. The molecule has 0 fully saturated rings. The summed E-state index contributed by atoms with van der Waals surface area (Å²) in [6.07, 6.45) is 18.6. The fourth-order valence-electron chi connectivity index (χ4n) is 8.02. The summed E-state index contributed by atoms with van der Waals surface area (Å²) in [6, 6.07) is 27.6. The second-order valence-corrected chi connectivity index (χ2v) is 21.1. The minimum Gasteiger partial charge on any atom is -0.339 e. The zero-order valence-electron chi connectivity index (χ0n) is 34.6. The summed E-state index contributed by atoms with van der Waals surface area (Å²) in [4.78, 5) is 38.3. The number of rotatable bonds is 22. The van der Waals surface area contributed by atoms with E-state index in [1.807, 2.05) is 34.4 Å². The van der Waals surface area contributed by atoms with Crippen LogP contribution >= 0.6 is 57.1 Å². The molecule has 6 aromatic rings. The first-order valence-electron chi connectivity index (χ1n) is 21.6. The van der Waals surface area contributed by atoms with Crippen LogP contribution in [0.5, 0.6) is 0 Å². The van der Waals surface area contributed by atoms with Gasteiger partial charge in [-0.1, -0.05) is 109 Å². The number of nitrogens with zero attached hydrogens (tertiary/aromatic N) is 1. The summed E-state index contributed by atoms with van der Waals surface area (Å²) in [5.41, 5.74) is 7.49. The lowest BCUT2D eigenvalue weighted by molar-refractivity contribution is 0.111. The number of carbonyl (C=O) groups is 2. The fraction of sp³-hybridized carbons (Fsp3) is 0.400. The summed E-state index contributed by atoms with van der Waals surface area (Å²) in [5.74, 6) is 0.625. The molecule has 1 unspecified atom stereocenters. The Kier molecular flexibility index (Phi) is 15.4. The van der Waals surface area contributed by atoms with Crippen molar-refractivity contribution in [3.63, 3.8) is 0 Å². The van der Waals surface area contributed by atoms with E-state index >= 15 is 0 Å². The molecular weight excluding hydrogens is 807 g/mol. The molecule has 1 atom stereocenters. The second-order valence-electron chi connectivity index (χ2n) is 15.7. The lowest BCUT2D eigenvalue weighted by Crippen LogP contribution is -2.27. The Balaban J connectivity index is 1.16.